The number of nitrogens with zero attached hydrogens (tertiary/aromatic N) is 1. The molecule has 0 spiro atoms. The molecule has 0 heterocycles. The molecular formula is C24H31NO2. The van der Waals surface area contributed by atoms with Gasteiger partial charge in [-0.25, -0.2) is 0 Å². The number of hydrogen-bond donors (Lipinski definition) is 0. The van der Waals surface area contributed by atoms with E-state index in [1.54, 1.807) is 0 Å². The minimum absolute atomic E-state index is 0.00813. The van der Waals surface area contributed by atoms with E-state index in [4.69, 9.17) is 4.74 Å². The summed E-state index contributed by atoms with van der Waals surface area (Å²) in [6.07, 6.45) is 3.00. The molecule has 0 bridgehead atoms. The normalized spacial score (nSPS) is 22.1. The fourth-order valence-corrected chi connectivity index (χ4v) is 4.33. The van der Waals surface area contributed by atoms with Gasteiger partial charge in [0.05, 0.1) is 12.5 Å². The molecule has 1 aliphatic rings. The third kappa shape index (κ3) is 5.20. The summed E-state index contributed by atoms with van der Waals surface area (Å²) in [7, 11) is 0. The van der Waals surface area contributed by atoms with Crippen LogP contribution in [0.2, 0.25) is 0 Å². The molecule has 2 aromatic carbocycles. The summed E-state index contributed by atoms with van der Waals surface area (Å²) in [6.45, 7) is 6.37. The quantitative estimate of drug-likeness (QED) is 0.613. The Balaban J connectivity index is 1.78. The van der Waals surface area contributed by atoms with Gasteiger partial charge < -0.3 is 4.74 Å². The van der Waals surface area contributed by atoms with Gasteiger partial charge in [-0.2, -0.15) is 0 Å². The molecule has 1 unspecified atom stereocenters. The van der Waals surface area contributed by atoms with Gasteiger partial charge in [0.1, 0.15) is 0 Å². The molecule has 1 saturated carbocycles. The summed E-state index contributed by atoms with van der Waals surface area (Å²) in [5.74, 6) is 0.448. The van der Waals surface area contributed by atoms with Gasteiger partial charge in [-0.05, 0) is 36.8 Å². The molecule has 2 aromatic rings. The van der Waals surface area contributed by atoms with Crippen LogP contribution in [0.3, 0.4) is 0 Å². The Morgan fingerprint density at radius 1 is 0.926 bits per heavy atom. The Kier molecular flexibility index (Phi) is 7.05. The van der Waals surface area contributed by atoms with E-state index in [1.807, 2.05) is 6.92 Å². The van der Waals surface area contributed by atoms with Crippen molar-refractivity contribution < 1.29 is 9.53 Å². The monoisotopic (exact) mass is 365 g/mol. The van der Waals surface area contributed by atoms with Gasteiger partial charge in [0.2, 0.25) is 0 Å². The van der Waals surface area contributed by atoms with Crippen LogP contribution in [0.15, 0.2) is 60.7 Å². The molecule has 0 radical (unpaired) electrons. The maximum Gasteiger partial charge on any atom is 0.309 e. The zero-order chi connectivity index (χ0) is 19.1. The third-order valence-electron chi connectivity index (χ3n) is 5.76. The van der Waals surface area contributed by atoms with Crippen LogP contribution >= 0.6 is 0 Å². The van der Waals surface area contributed by atoms with Crippen LogP contribution in [0.5, 0.6) is 0 Å². The molecule has 27 heavy (non-hydrogen) atoms. The number of hydrogen-bond acceptors (Lipinski definition) is 3. The van der Waals surface area contributed by atoms with Crippen LogP contribution in [-0.2, 0) is 22.6 Å². The fourth-order valence-electron chi connectivity index (χ4n) is 4.33. The minimum Gasteiger partial charge on any atom is -0.466 e. The van der Waals surface area contributed by atoms with Gasteiger partial charge in [-0.3, -0.25) is 9.69 Å². The highest BCUT2D eigenvalue weighted by atomic mass is 16.5. The van der Waals surface area contributed by atoms with Crippen molar-refractivity contribution in [3.63, 3.8) is 0 Å². The first kappa shape index (κ1) is 19.6. The van der Waals surface area contributed by atoms with Crippen molar-refractivity contribution >= 4 is 5.97 Å². The van der Waals surface area contributed by atoms with Crippen LogP contribution in [0.25, 0.3) is 0 Å². The number of carbonyl (C=O) groups excluding carboxylic acids is 1. The number of carbonyl (C=O) groups is 1. The van der Waals surface area contributed by atoms with Crippen molar-refractivity contribution in [3.8, 4) is 0 Å². The molecule has 0 aromatic heterocycles. The van der Waals surface area contributed by atoms with Crippen molar-refractivity contribution in [2.75, 3.05) is 6.61 Å². The summed E-state index contributed by atoms with van der Waals surface area (Å²) in [5, 5.41) is 0. The summed E-state index contributed by atoms with van der Waals surface area (Å²) >= 11 is 0. The first-order chi connectivity index (χ1) is 13.2. The molecular weight excluding hydrogens is 334 g/mol. The van der Waals surface area contributed by atoms with E-state index < -0.39 is 0 Å². The lowest BCUT2D eigenvalue weighted by Gasteiger charge is -2.29. The Morgan fingerprint density at radius 3 is 1.96 bits per heavy atom. The second-order valence-electron chi connectivity index (χ2n) is 7.53. The van der Waals surface area contributed by atoms with Crippen LogP contribution in [0, 0.1) is 11.8 Å². The number of esters is 1. The average Bonchev–Trinajstić information content (AvgIpc) is 3.14. The summed E-state index contributed by atoms with van der Waals surface area (Å²) in [5.41, 5.74) is 2.64. The molecule has 3 rings (SSSR count). The Bertz CT molecular complexity index is 659. The molecule has 0 saturated heterocycles. The lowest BCUT2D eigenvalue weighted by molar-refractivity contribution is -0.149. The molecule has 0 amide bonds. The highest BCUT2D eigenvalue weighted by Crippen LogP contribution is 2.38. The maximum atomic E-state index is 12.5. The van der Waals surface area contributed by atoms with Gasteiger partial charge in [0, 0.05) is 19.1 Å². The number of ether oxygens (including phenoxy) is 1. The maximum absolute atomic E-state index is 12.5. The largest absolute Gasteiger partial charge is 0.466 e. The van der Waals surface area contributed by atoms with Gasteiger partial charge >= 0.3 is 5.97 Å². The number of rotatable bonds is 8. The van der Waals surface area contributed by atoms with Crippen molar-refractivity contribution in [2.24, 2.45) is 11.8 Å². The van der Waals surface area contributed by atoms with Crippen LogP contribution in [0.1, 0.15) is 44.2 Å². The second kappa shape index (κ2) is 9.70. The lowest BCUT2D eigenvalue weighted by atomic mass is 9.94. The summed E-state index contributed by atoms with van der Waals surface area (Å²) < 4.78 is 5.37. The molecule has 144 valence electrons. The van der Waals surface area contributed by atoms with Crippen molar-refractivity contribution in [2.45, 2.75) is 52.2 Å². The van der Waals surface area contributed by atoms with E-state index in [9.17, 15) is 4.79 Å². The Labute approximate surface area is 163 Å². The topological polar surface area (TPSA) is 29.5 Å². The van der Waals surface area contributed by atoms with E-state index in [1.165, 1.54) is 11.1 Å². The molecule has 1 fully saturated rings. The molecule has 1 aliphatic carbocycles. The van der Waals surface area contributed by atoms with Gasteiger partial charge in [-0.15, -0.1) is 0 Å². The Hall–Kier alpha value is -2.13. The first-order valence-corrected chi connectivity index (χ1v) is 10.2. The van der Waals surface area contributed by atoms with Gasteiger partial charge in [0.25, 0.3) is 0 Å². The van der Waals surface area contributed by atoms with E-state index >= 15 is 0 Å². The lowest BCUT2D eigenvalue weighted by Crippen LogP contribution is -2.33. The Morgan fingerprint density at radius 2 is 1.48 bits per heavy atom. The fraction of sp³-hybridized carbons (Fsp3) is 0.458. The predicted molar refractivity (Wildman–Crippen MR) is 109 cm³/mol. The average molecular weight is 366 g/mol. The predicted octanol–water partition coefficient (Wildman–Crippen LogP) is 5.06. The van der Waals surface area contributed by atoms with E-state index in [0.29, 0.717) is 18.6 Å². The van der Waals surface area contributed by atoms with Gasteiger partial charge in [0.15, 0.2) is 0 Å². The summed E-state index contributed by atoms with van der Waals surface area (Å²) in [6, 6.07) is 21.7. The molecule has 3 nitrogen and oxygen atoms in total. The SMILES string of the molecule is CCOC(=O)C1C[C@H](N(Cc2ccccc2)Cc2ccccc2)C[C@@H]1CC. The zero-order valence-electron chi connectivity index (χ0n) is 16.5. The molecule has 0 aliphatic heterocycles. The second-order valence-corrected chi connectivity index (χ2v) is 7.53. The standard InChI is InChI=1S/C24H31NO2/c1-3-21-15-22(16-23(21)24(26)27-4-2)25(17-19-11-7-5-8-12-19)18-20-13-9-6-10-14-20/h5-14,21-23H,3-4,15-18H2,1-2H3/t21-,22+,23?/m0/s1. The van der Waals surface area contributed by atoms with Crippen LogP contribution < -0.4 is 0 Å². The van der Waals surface area contributed by atoms with Crippen molar-refractivity contribution in [3.05, 3.63) is 71.8 Å². The third-order valence-corrected chi connectivity index (χ3v) is 5.76. The van der Waals surface area contributed by atoms with E-state index in [-0.39, 0.29) is 11.9 Å². The highest BCUT2D eigenvalue weighted by Gasteiger charge is 2.40. The molecule has 0 N–H and O–H groups in total. The van der Waals surface area contributed by atoms with Crippen LogP contribution in [0.4, 0.5) is 0 Å². The smallest absolute Gasteiger partial charge is 0.309 e. The van der Waals surface area contributed by atoms with E-state index in [2.05, 4.69) is 72.5 Å². The summed E-state index contributed by atoms with van der Waals surface area (Å²) in [4.78, 5) is 15.0. The highest BCUT2D eigenvalue weighted by molar-refractivity contribution is 5.73. The van der Waals surface area contributed by atoms with Crippen LogP contribution in [-0.4, -0.2) is 23.5 Å². The molecule has 3 heteroatoms. The van der Waals surface area contributed by atoms with Crippen molar-refractivity contribution in [1.29, 1.82) is 0 Å². The molecule has 3 atom stereocenters. The van der Waals surface area contributed by atoms with Crippen molar-refractivity contribution in [1.82, 2.24) is 4.90 Å². The van der Waals surface area contributed by atoms with E-state index in [0.717, 1.165) is 32.4 Å². The minimum atomic E-state index is -0.00813. The first-order valence-electron chi connectivity index (χ1n) is 10.2. The van der Waals surface area contributed by atoms with Gasteiger partial charge in [-0.1, -0.05) is 74.0 Å². The zero-order valence-corrected chi connectivity index (χ0v) is 16.5. The number of benzene rings is 2.